The number of aryl methyl sites for hydroxylation is 1. The van der Waals surface area contributed by atoms with Gasteiger partial charge in [0.25, 0.3) is 0 Å². The third kappa shape index (κ3) is 3.30. The molecule has 1 aromatic rings. The van der Waals surface area contributed by atoms with E-state index in [2.05, 4.69) is 36.5 Å². The summed E-state index contributed by atoms with van der Waals surface area (Å²) in [6.07, 6.45) is 9.14. The first-order valence-electron chi connectivity index (χ1n) is 7.85. The lowest BCUT2D eigenvalue weighted by atomic mass is 9.85. The summed E-state index contributed by atoms with van der Waals surface area (Å²) in [6.45, 7) is 2.22. The monoisotopic (exact) mass is 259 g/mol. The fourth-order valence-electron chi connectivity index (χ4n) is 3.56. The molecule has 19 heavy (non-hydrogen) atoms. The van der Waals surface area contributed by atoms with Gasteiger partial charge in [-0.25, -0.2) is 0 Å². The van der Waals surface area contributed by atoms with Gasteiger partial charge in [0.15, 0.2) is 0 Å². The highest BCUT2D eigenvalue weighted by molar-refractivity contribution is 5.28. The Morgan fingerprint density at radius 3 is 2.74 bits per heavy atom. The molecule has 2 fully saturated rings. The van der Waals surface area contributed by atoms with Crippen LogP contribution in [-0.4, -0.2) is 18.2 Å². The Morgan fingerprint density at radius 2 is 2.00 bits per heavy atom. The average Bonchev–Trinajstić information content (AvgIpc) is 2.39. The SMILES string of the molecule is CCCc1cccc(O[C@@H]2C[C@H]3CCC[C@@H](C2)N3)c1. The summed E-state index contributed by atoms with van der Waals surface area (Å²) in [5.41, 5.74) is 1.40. The van der Waals surface area contributed by atoms with Crippen LogP contribution in [-0.2, 0) is 6.42 Å². The number of piperidine rings is 2. The topological polar surface area (TPSA) is 21.3 Å². The minimum atomic E-state index is 0.411. The molecule has 0 radical (unpaired) electrons. The van der Waals surface area contributed by atoms with Crippen LogP contribution in [0.15, 0.2) is 24.3 Å². The van der Waals surface area contributed by atoms with Crippen LogP contribution in [0.3, 0.4) is 0 Å². The third-order valence-electron chi connectivity index (χ3n) is 4.41. The number of nitrogens with one attached hydrogen (secondary N) is 1. The maximum Gasteiger partial charge on any atom is 0.119 e. The van der Waals surface area contributed by atoms with Crippen LogP contribution in [0.5, 0.6) is 5.75 Å². The fraction of sp³-hybridized carbons (Fsp3) is 0.647. The Labute approximate surface area is 116 Å². The van der Waals surface area contributed by atoms with Crippen molar-refractivity contribution in [3.05, 3.63) is 29.8 Å². The molecule has 2 saturated heterocycles. The summed E-state index contributed by atoms with van der Waals surface area (Å²) in [5.74, 6) is 1.07. The lowest BCUT2D eigenvalue weighted by molar-refractivity contribution is 0.0927. The Bertz CT molecular complexity index is 405. The maximum atomic E-state index is 6.24. The fourth-order valence-corrected chi connectivity index (χ4v) is 3.56. The van der Waals surface area contributed by atoms with Crippen LogP contribution in [0.4, 0.5) is 0 Å². The van der Waals surface area contributed by atoms with E-state index in [0.717, 1.165) is 12.2 Å². The normalized spacial score (nSPS) is 30.1. The van der Waals surface area contributed by atoms with Gasteiger partial charge in [0, 0.05) is 12.1 Å². The highest BCUT2D eigenvalue weighted by atomic mass is 16.5. The van der Waals surface area contributed by atoms with E-state index < -0.39 is 0 Å². The summed E-state index contributed by atoms with van der Waals surface area (Å²) in [5, 5.41) is 3.72. The van der Waals surface area contributed by atoms with E-state index in [4.69, 9.17) is 4.74 Å². The summed E-state index contributed by atoms with van der Waals surface area (Å²) < 4.78 is 6.24. The average molecular weight is 259 g/mol. The third-order valence-corrected chi connectivity index (χ3v) is 4.41. The predicted molar refractivity (Wildman–Crippen MR) is 78.6 cm³/mol. The smallest absolute Gasteiger partial charge is 0.119 e. The molecule has 2 heterocycles. The molecule has 2 nitrogen and oxygen atoms in total. The maximum absolute atomic E-state index is 6.24. The zero-order valence-electron chi connectivity index (χ0n) is 11.9. The second kappa shape index (κ2) is 5.96. The van der Waals surface area contributed by atoms with Crippen molar-refractivity contribution in [3.8, 4) is 5.75 Å². The molecule has 0 saturated carbocycles. The van der Waals surface area contributed by atoms with E-state index >= 15 is 0 Å². The number of hydrogen-bond donors (Lipinski definition) is 1. The van der Waals surface area contributed by atoms with Crippen LogP contribution >= 0.6 is 0 Å². The molecule has 2 heteroatoms. The first-order chi connectivity index (χ1) is 9.33. The largest absolute Gasteiger partial charge is 0.490 e. The van der Waals surface area contributed by atoms with Crippen LogP contribution < -0.4 is 10.1 Å². The lowest BCUT2D eigenvalue weighted by Gasteiger charge is -2.40. The van der Waals surface area contributed by atoms with E-state index in [1.54, 1.807) is 0 Å². The van der Waals surface area contributed by atoms with Crippen molar-refractivity contribution in [1.29, 1.82) is 0 Å². The predicted octanol–water partition coefficient (Wildman–Crippen LogP) is 3.69. The van der Waals surface area contributed by atoms with E-state index in [9.17, 15) is 0 Å². The van der Waals surface area contributed by atoms with Gasteiger partial charge in [0.2, 0.25) is 0 Å². The summed E-state index contributed by atoms with van der Waals surface area (Å²) >= 11 is 0. The van der Waals surface area contributed by atoms with Gasteiger partial charge in [0.05, 0.1) is 0 Å². The Morgan fingerprint density at radius 1 is 1.21 bits per heavy atom. The second-order valence-electron chi connectivity index (χ2n) is 6.10. The van der Waals surface area contributed by atoms with Crippen molar-refractivity contribution in [2.45, 2.75) is 70.1 Å². The first kappa shape index (κ1) is 13.0. The zero-order valence-corrected chi connectivity index (χ0v) is 11.9. The van der Waals surface area contributed by atoms with E-state index in [1.165, 1.54) is 44.1 Å². The van der Waals surface area contributed by atoms with E-state index in [-0.39, 0.29) is 0 Å². The number of benzene rings is 1. The zero-order chi connectivity index (χ0) is 13.1. The van der Waals surface area contributed by atoms with Crippen molar-refractivity contribution in [3.63, 3.8) is 0 Å². The molecule has 3 atom stereocenters. The molecule has 2 aliphatic heterocycles. The minimum absolute atomic E-state index is 0.411. The molecular weight excluding hydrogens is 234 g/mol. The molecular formula is C17H25NO. The number of rotatable bonds is 4. The van der Waals surface area contributed by atoms with Gasteiger partial charge in [-0.3, -0.25) is 0 Å². The standard InChI is InChI=1S/C17H25NO/c1-2-5-13-6-3-9-16(10-13)19-17-11-14-7-4-8-15(12-17)18-14/h3,6,9-10,14-15,17-18H,2,4-5,7-8,11-12H2,1H3/t14-,15+,17-. The molecule has 0 amide bonds. The van der Waals surface area contributed by atoms with Crippen LogP contribution in [0, 0.1) is 0 Å². The van der Waals surface area contributed by atoms with E-state index in [0.29, 0.717) is 18.2 Å². The van der Waals surface area contributed by atoms with Crippen molar-refractivity contribution in [2.24, 2.45) is 0 Å². The molecule has 0 aromatic heterocycles. The Kier molecular flexibility index (Phi) is 4.07. The second-order valence-corrected chi connectivity index (χ2v) is 6.10. The molecule has 104 valence electrons. The summed E-state index contributed by atoms with van der Waals surface area (Å²) in [4.78, 5) is 0. The summed E-state index contributed by atoms with van der Waals surface area (Å²) in [7, 11) is 0. The van der Waals surface area contributed by atoms with Gasteiger partial charge in [-0.15, -0.1) is 0 Å². The van der Waals surface area contributed by atoms with Crippen molar-refractivity contribution in [2.75, 3.05) is 0 Å². The van der Waals surface area contributed by atoms with Crippen molar-refractivity contribution < 1.29 is 4.74 Å². The Balaban J connectivity index is 1.63. The first-order valence-corrected chi connectivity index (χ1v) is 7.85. The van der Waals surface area contributed by atoms with Crippen molar-refractivity contribution >= 4 is 0 Å². The highest BCUT2D eigenvalue weighted by Gasteiger charge is 2.32. The van der Waals surface area contributed by atoms with Crippen LogP contribution in [0.25, 0.3) is 0 Å². The Hall–Kier alpha value is -1.02. The van der Waals surface area contributed by atoms with Gasteiger partial charge in [0.1, 0.15) is 11.9 Å². The molecule has 1 aromatic carbocycles. The summed E-state index contributed by atoms with van der Waals surface area (Å²) in [6, 6.07) is 10.0. The minimum Gasteiger partial charge on any atom is -0.490 e. The molecule has 0 unspecified atom stereocenters. The highest BCUT2D eigenvalue weighted by Crippen LogP contribution is 2.28. The van der Waals surface area contributed by atoms with Gasteiger partial charge >= 0.3 is 0 Å². The number of ether oxygens (including phenoxy) is 1. The number of fused-ring (bicyclic) bond motifs is 2. The van der Waals surface area contributed by atoms with Gasteiger partial charge in [-0.05, 0) is 49.8 Å². The molecule has 0 aliphatic carbocycles. The molecule has 0 spiro atoms. The van der Waals surface area contributed by atoms with Gasteiger partial charge in [-0.1, -0.05) is 31.9 Å². The molecule has 3 rings (SSSR count). The van der Waals surface area contributed by atoms with E-state index in [1.807, 2.05) is 0 Å². The van der Waals surface area contributed by atoms with Gasteiger partial charge < -0.3 is 10.1 Å². The van der Waals surface area contributed by atoms with Crippen LogP contribution in [0.1, 0.15) is 51.0 Å². The lowest BCUT2D eigenvalue weighted by Crippen LogP contribution is -2.51. The molecule has 2 bridgehead atoms. The molecule has 1 N–H and O–H groups in total. The number of hydrogen-bond acceptors (Lipinski definition) is 2. The van der Waals surface area contributed by atoms with Crippen molar-refractivity contribution in [1.82, 2.24) is 5.32 Å². The van der Waals surface area contributed by atoms with Crippen LogP contribution in [0.2, 0.25) is 0 Å². The molecule has 2 aliphatic rings. The quantitative estimate of drug-likeness (QED) is 0.890. The van der Waals surface area contributed by atoms with Gasteiger partial charge in [-0.2, -0.15) is 0 Å².